The van der Waals surface area contributed by atoms with Crippen molar-refractivity contribution in [1.29, 1.82) is 0 Å². The van der Waals surface area contributed by atoms with Crippen LogP contribution >= 0.6 is 0 Å². The maximum Gasteiger partial charge on any atom is 0.236 e. The van der Waals surface area contributed by atoms with E-state index in [0.29, 0.717) is 13.0 Å². The summed E-state index contributed by atoms with van der Waals surface area (Å²) in [4.78, 5) is 11.8. The van der Waals surface area contributed by atoms with E-state index in [2.05, 4.69) is 5.32 Å². The van der Waals surface area contributed by atoms with Crippen LogP contribution in [-0.4, -0.2) is 18.5 Å². The molecule has 4 heteroatoms. The van der Waals surface area contributed by atoms with Gasteiger partial charge in [-0.15, -0.1) is 0 Å². The Morgan fingerprint density at radius 1 is 1.37 bits per heavy atom. The predicted octanol–water partition coefficient (Wildman–Crippen LogP) is 2.35. The highest BCUT2D eigenvalue weighted by atomic mass is 19.1. The van der Waals surface area contributed by atoms with Crippen LogP contribution in [0, 0.1) is 5.82 Å². The van der Waals surface area contributed by atoms with Gasteiger partial charge < -0.3 is 11.1 Å². The largest absolute Gasteiger partial charge is 0.354 e. The van der Waals surface area contributed by atoms with Gasteiger partial charge in [0, 0.05) is 12.0 Å². The highest BCUT2D eigenvalue weighted by Gasteiger charge is 2.22. The first-order chi connectivity index (χ1) is 8.86. The van der Waals surface area contributed by atoms with E-state index in [-0.39, 0.29) is 17.1 Å². The Bertz CT molecular complexity index is 415. The molecule has 1 aromatic rings. The molecular formula is C15H23FN2O. The van der Waals surface area contributed by atoms with Gasteiger partial charge in [-0.25, -0.2) is 4.39 Å². The fourth-order valence-electron chi connectivity index (χ4n) is 1.88. The van der Waals surface area contributed by atoms with Crippen LogP contribution in [0.25, 0.3) is 0 Å². The lowest BCUT2D eigenvalue weighted by atomic mass is 9.84. The molecule has 1 amide bonds. The number of hydrogen-bond acceptors (Lipinski definition) is 2. The molecule has 1 unspecified atom stereocenters. The van der Waals surface area contributed by atoms with Crippen molar-refractivity contribution in [1.82, 2.24) is 5.32 Å². The summed E-state index contributed by atoms with van der Waals surface area (Å²) in [6, 6.07) is 5.90. The molecule has 1 rings (SSSR count). The Morgan fingerprint density at radius 2 is 1.95 bits per heavy atom. The summed E-state index contributed by atoms with van der Waals surface area (Å²) in [5.41, 5.74) is 6.48. The average Bonchev–Trinajstić information content (AvgIpc) is 2.37. The highest BCUT2D eigenvalue weighted by Crippen LogP contribution is 2.22. The number of halogens is 1. The van der Waals surface area contributed by atoms with E-state index in [1.165, 1.54) is 12.1 Å². The summed E-state index contributed by atoms with van der Waals surface area (Å²) in [5.74, 6) is -0.384. The molecule has 0 aliphatic carbocycles. The third kappa shape index (κ3) is 4.63. The zero-order valence-electron chi connectivity index (χ0n) is 11.9. The van der Waals surface area contributed by atoms with Crippen molar-refractivity contribution in [2.24, 2.45) is 5.73 Å². The quantitative estimate of drug-likeness (QED) is 0.830. The smallest absolute Gasteiger partial charge is 0.236 e. The molecule has 0 heterocycles. The van der Waals surface area contributed by atoms with Crippen molar-refractivity contribution < 1.29 is 9.18 Å². The number of hydrogen-bond donors (Lipinski definition) is 2. The molecule has 106 valence electrons. The Balaban J connectivity index is 2.60. The van der Waals surface area contributed by atoms with E-state index in [1.807, 2.05) is 20.8 Å². The molecular weight excluding hydrogens is 243 g/mol. The van der Waals surface area contributed by atoms with Crippen LogP contribution in [0.3, 0.4) is 0 Å². The Kier molecular flexibility index (Phi) is 5.48. The second-order valence-corrected chi connectivity index (χ2v) is 5.50. The topological polar surface area (TPSA) is 55.1 Å². The van der Waals surface area contributed by atoms with Crippen LogP contribution in [0.5, 0.6) is 0 Å². The molecule has 0 aliphatic heterocycles. The van der Waals surface area contributed by atoms with Crippen molar-refractivity contribution in [3.8, 4) is 0 Å². The van der Waals surface area contributed by atoms with E-state index >= 15 is 0 Å². The maximum atomic E-state index is 12.9. The molecule has 3 N–H and O–H groups in total. The first-order valence-electron chi connectivity index (χ1n) is 6.66. The second kappa shape index (κ2) is 6.66. The van der Waals surface area contributed by atoms with Gasteiger partial charge in [0.05, 0.1) is 6.04 Å². The molecule has 19 heavy (non-hydrogen) atoms. The monoisotopic (exact) mass is 266 g/mol. The van der Waals surface area contributed by atoms with Crippen molar-refractivity contribution in [2.45, 2.75) is 45.1 Å². The standard InChI is InChI=1S/C15H23FN2O/c1-4-5-13(17)14(19)18-10-15(2,3)11-6-8-12(16)9-7-11/h6-9,13H,4-5,10,17H2,1-3H3,(H,18,19). The van der Waals surface area contributed by atoms with Crippen molar-refractivity contribution in [3.63, 3.8) is 0 Å². The molecule has 1 atom stereocenters. The van der Waals surface area contributed by atoms with Crippen molar-refractivity contribution in [2.75, 3.05) is 6.54 Å². The van der Waals surface area contributed by atoms with Gasteiger partial charge in [0.2, 0.25) is 5.91 Å². The summed E-state index contributed by atoms with van der Waals surface area (Å²) in [6.45, 7) is 6.49. The third-order valence-electron chi connectivity index (χ3n) is 3.27. The van der Waals surface area contributed by atoms with Crippen LogP contribution in [0.1, 0.15) is 39.2 Å². The molecule has 0 aliphatic rings. The summed E-state index contributed by atoms with van der Waals surface area (Å²) >= 11 is 0. The molecule has 0 fully saturated rings. The van der Waals surface area contributed by atoms with E-state index in [9.17, 15) is 9.18 Å². The lowest BCUT2D eigenvalue weighted by Crippen LogP contribution is -2.45. The van der Waals surface area contributed by atoms with Gasteiger partial charge >= 0.3 is 0 Å². The lowest BCUT2D eigenvalue weighted by molar-refractivity contribution is -0.122. The minimum atomic E-state index is -0.450. The van der Waals surface area contributed by atoms with Crippen LogP contribution < -0.4 is 11.1 Å². The van der Waals surface area contributed by atoms with E-state index in [0.717, 1.165) is 12.0 Å². The molecule has 0 aromatic heterocycles. The molecule has 0 bridgehead atoms. The summed E-state index contributed by atoms with van der Waals surface area (Å²) in [5, 5.41) is 2.86. The normalized spacial score (nSPS) is 13.1. The predicted molar refractivity (Wildman–Crippen MR) is 75.3 cm³/mol. The summed E-state index contributed by atoms with van der Waals surface area (Å²) in [7, 11) is 0. The van der Waals surface area contributed by atoms with E-state index in [4.69, 9.17) is 5.73 Å². The second-order valence-electron chi connectivity index (χ2n) is 5.50. The number of rotatable bonds is 6. The molecule has 0 saturated carbocycles. The Morgan fingerprint density at radius 3 is 2.47 bits per heavy atom. The SMILES string of the molecule is CCCC(N)C(=O)NCC(C)(C)c1ccc(F)cc1. The maximum absolute atomic E-state index is 12.9. The molecule has 0 radical (unpaired) electrons. The van der Waals surface area contributed by atoms with Gasteiger partial charge in [-0.05, 0) is 24.1 Å². The van der Waals surface area contributed by atoms with Crippen LogP contribution in [0.15, 0.2) is 24.3 Å². The number of carbonyl (C=O) groups is 1. The number of nitrogens with one attached hydrogen (secondary N) is 1. The minimum absolute atomic E-state index is 0.128. The van der Waals surface area contributed by atoms with Gasteiger partial charge in [0.15, 0.2) is 0 Å². The molecule has 0 saturated heterocycles. The Labute approximate surface area is 114 Å². The minimum Gasteiger partial charge on any atom is -0.354 e. The van der Waals surface area contributed by atoms with Crippen LogP contribution in [0.2, 0.25) is 0 Å². The zero-order valence-corrected chi connectivity index (χ0v) is 11.9. The number of nitrogens with two attached hydrogens (primary N) is 1. The fraction of sp³-hybridized carbons (Fsp3) is 0.533. The number of carbonyl (C=O) groups excluding carboxylic acids is 1. The van der Waals surface area contributed by atoms with Gasteiger partial charge in [-0.1, -0.05) is 39.3 Å². The average molecular weight is 266 g/mol. The van der Waals surface area contributed by atoms with Crippen LogP contribution in [0.4, 0.5) is 4.39 Å². The van der Waals surface area contributed by atoms with E-state index in [1.54, 1.807) is 12.1 Å². The summed E-state index contributed by atoms with van der Waals surface area (Å²) < 4.78 is 12.9. The van der Waals surface area contributed by atoms with Gasteiger partial charge in [-0.3, -0.25) is 4.79 Å². The highest BCUT2D eigenvalue weighted by molar-refractivity contribution is 5.81. The zero-order chi connectivity index (χ0) is 14.5. The summed E-state index contributed by atoms with van der Waals surface area (Å²) in [6.07, 6.45) is 1.57. The number of benzene rings is 1. The first-order valence-corrected chi connectivity index (χ1v) is 6.66. The Hall–Kier alpha value is -1.42. The lowest BCUT2D eigenvalue weighted by Gasteiger charge is -2.26. The number of amides is 1. The van der Waals surface area contributed by atoms with Crippen molar-refractivity contribution >= 4 is 5.91 Å². The van der Waals surface area contributed by atoms with Gasteiger partial charge in [0.1, 0.15) is 5.82 Å². The fourth-order valence-corrected chi connectivity index (χ4v) is 1.88. The van der Waals surface area contributed by atoms with Gasteiger partial charge in [-0.2, -0.15) is 0 Å². The van der Waals surface area contributed by atoms with E-state index < -0.39 is 6.04 Å². The molecule has 0 spiro atoms. The van der Waals surface area contributed by atoms with Crippen molar-refractivity contribution in [3.05, 3.63) is 35.6 Å². The molecule has 3 nitrogen and oxygen atoms in total. The molecule has 1 aromatic carbocycles. The van der Waals surface area contributed by atoms with Gasteiger partial charge in [0.25, 0.3) is 0 Å². The first kappa shape index (κ1) is 15.6. The third-order valence-corrected chi connectivity index (χ3v) is 3.27. The van der Waals surface area contributed by atoms with Crippen LogP contribution in [-0.2, 0) is 10.2 Å².